The molecule has 8 heteroatoms. The number of phenols is 1. The van der Waals surface area contributed by atoms with Crippen LogP contribution in [0.5, 0.6) is 11.5 Å². The van der Waals surface area contributed by atoms with E-state index in [-0.39, 0.29) is 12.4 Å². The monoisotopic (exact) mass is 397 g/mol. The van der Waals surface area contributed by atoms with E-state index in [2.05, 4.69) is 10.2 Å². The maximum atomic E-state index is 11.0. The van der Waals surface area contributed by atoms with Crippen LogP contribution in [0.1, 0.15) is 32.6 Å². The molecule has 0 spiro atoms. The van der Waals surface area contributed by atoms with E-state index < -0.39 is 11.8 Å². The van der Waals surface area contributed by atoms with Crippen molar-refractivity contribution in [3.8, 4) is 17.2 Å². The highest BCUT2D eigenvalue weighted by atomic mass is 16.5. The first-order valence-electron chi connectivity index (χ1n) is 9.50. The molecule has 0 fully saturated rings. The summed E-state index contributed by atoms with van der Waals surface area (Å²) in [4.78, 5) is 23.2. The number of benzene rings is 2. The minimum Gasteiger partial charge on any atom is -0.506 e. The molecular weight excluding hydrogens is 374 g/mol. The first kappa shape index (κ1) is 20.3. The highest BCUT2D eigenvalue weighted by Crippen LogP contribution is 2.26. The fourth-order valence-electron chi connectivity index (χ4n) is 2.73. The van der Waals surface area contributed by atoms with Crippen LogP contribution in [0.25, 0.3) is 16.7 Å². The largest absolute Gasteiger partial charge is 0.506 e. The number of Topliss-reactive ketones (excluding diaryl/α,β-unsaturated/α-hetero) is 1. The number of ether oxygens (including phenoxy) is 2. The topological polar surface area (TPSA) is 104 Å². The molecule has 1 N–H and O–H groups in total. The Kier molecular flexibility index (Phi) is 6.78. The Labute approximate surface area is 168 Å². The average Bonchev–Trinajstić information content (AvgIpc) is 3.14. The number of carbonyl (C=O) groups excluding carboxylic acids is 2. The standard InChI is InChI=1S/C21H23N3O5/c1-15(25)21(27)29-13-7-3-2-6-12-28-16-10-11-20(26)19(14-16)24-22-17-8-4-5-9-18(17)23-24/h4-5,8-11,14,26H,2-3,6-7,12-13H2,1H3. The molecule has 1 heterocycles. The molecule has 0 radical (unpaired) electrons. The Morgan fingerprint density at radius 3 is 2.28 bits per heavy atom. The zero-order valence-corrected chi connectivity index (χ0v) is 16.2. The van der Waals surface area contributed by atoms with Crippen molar-refractivity contribution in [1.29, 1.82) is 0 Å². The summed E-state index contributed by atoms with van der Waals surface area (Å²) in [6.07, 6.45) is 3.33. The van der Waals surface area contributed by atoms with Crippen molar-refractivity contribution >= 4 is 22.8 Å². The van der Waals surface area contributed by atoms with Crippen LogP contribution in [0.3, 0.4) is 0 Å². The van der Waals surface area contributed by atoms with Gasteiger partial charge in [-0.2, -0.15) is 0 Å². The number of hydrogen-bond donors (Lipinski definition) is 1. The minimum atomic E-state index is -0.781. The van der Waals surface area contributed by atoms with Crippen LogP contribution in [-0.2, 0) is 14.3 Å². The van der Waals surface area contributed by atoms with E-state index in [4.69, 9.17) is 9.47 Å². The van der Waals surface area contributed by atoms with Gasteiger partial charge in [-0.25, -0.2) is 4.79 Å². The number of carbonyl (C=O) groups is 2. The van der Waals surface area contributed by atoms with Gasteiger partial charge in [0.1, 0.15) is 28.2 Å². The summed E-state index contributed by atoms with van der Waals surface area (Å²) in [5.74, 6) is -0.673. The smallest absolute Gasteiger partial charge is 0.374 e. The lowest BCUT2D eigenvalue weighted by atomic mass is 10.2. The van der Waals surface area contributed by atoms with Gasteiger partial charge in [-0.1, -0.05) is 12.1 Å². The van der Waals surface area contributed by atoms with Gasteiger partial charge in [0.2, 0.25) is 5.78 Å². The molecule has 2 aromatic carbocycles. The van der Waals surface area contributed by atoms with Gasteiger partial charge >= 0.3 is 5.97 Å². The van der Waals surface area contributed by atoms with Crippen LogP contribution in [0.15, 0.2) is 42.5 Å². The molecule has 0 aliphatic heterocycles. The van der Waals surface area contributed by atoms with E-state index in [9.17, 15) is 14.7 Å². The number of unbranched alkanes of at least 4 members (excludes halogenated alkanes) is 3. The summed E-state index contributed by atoms with van der Waals surface area (Å²) in [5, 5.41) is 18.9. The number of ketones is 1. The van der Waals surface area contributed by atoms with E-state index >= 15 is 0 Å². The average molecular weight is 397 g/mol. The predicted octanol–water partition coefficient (Wildman–Crippen LogP) is 3.20. The number of aromatic nitrogens is 3. The molecule has 0 saturated carbocycles. The van der Waals surface area contributed by atoms with Gasteiger partial charge in [0.05, 0.1) is 13.2 Å². The molecule has 0 amide bonds. The highest BCUT2D eigenvalue weighted by Gasteiger charge is 2.10. The molecule has 0 aliphatic rings. The summed E-state index contributed by atoms with van der Waals surface area (Å²) in [6, 6.07) is 12.4. The number of phenolic OH excluding ortho intramolecular Hbond substituents is 1. The van der Waals surface area contributed by atoms with Crippen molar-refractivity contribution in [3.05, 3.63) is 42.5 Å². The molecule has 152 valence electrons. The number of nitrogens with zero attached hydrogens (tertiary/aromatic N) is 3. The summed E-state index contributed by atoms with van der Waals surface area (Å²) >= 11 is 0. The van der Waals surface area contributed by atoms with Crippen molar-refractivity contribution in [1.82, 2.24) is 15.0 Å². The van der Waals surface area contributed by atoms with E-state index in [0.29, 0.717) is 24.5 Å². The Morgan fingerprint density at radius 2 is 1.62 bits per heavy atom. The second-order valence-corrected chi connectivity index (χ2v) is 6.58. The fraction of sp³-hybridized carbons (Fsp3) is 0.333. The number of esters is 1. The molecular formula is C21H23N3O5. The first-order valence-corrected chi connectivity index (χ1v) is 9.50. The maximum Gasteiger partial charge on any atom is 0.374 e. The maximum absolute atomic E-state index is 11.0. The molecule has 0 saturated heterocycles. The van der Waals surface area contributed by atoms with E-state index in [1.165, 1.54) is 11.7 Å². The van der Waals surface area contributed by atoms with Gasteiger partial charge < -0.3 is 14.6 Å². The third-order valence-electron chi connectivity index (χ3n) is 4.28. The van der Waals surface area contributed by atoms with E-state index in [1.807, 2.05) is 24.3 Å². The third-order valence-corrected chi connectivity index (χ3v) is 4.28. The van der Waals surface area contributed by atoms with Crippen molar-refractivity contribution in [2.45, 2.75) is 32.6 Å². The van der Waals surface area contributed by atoms with Crippen LogP contribution >= 0.6 is 0 Å². The van der Waals surface area contributed by atoms with Gasteiger partial charge in [-0.15, -0.1) is 15.0 Å². The van der Waals surface area contributed by atoms with Gasteiger partial charge in [0.15, 0.2) is 0 Å². The fourth-order valence-corrected chi connectivity index (χ4v) is 2.73. The van der Waals surface area contributed by atoms with Gasteiger partial charge in [-0.3, -0.25) is 4.79 Å². The second-order valence-electron chi connectivity index (χ2n) is 6.58. The van der Waals surface area contributed by atoms with Gasteiger partial charge in [0, 0.05) is 13.0 Å². The molecule has 8 nitrogen and oxygen atoms in total. The lowest BCUT2D eigenvalue weighted by Gasteiger charge is -2.09. The van der Waals surface area contributed by atoms with Crippen molar-refractivity contribution in [2.75, 3.05) is 13.2 Å². The zero-order valence-electron chi connectivity index (χ0n) is 16.2. The number of fused-ring (bicyclic) bond motifs is 1. The quantitative estimate of drug-likeness (QED) is 0.318. The van der Waals surface area contributed by atoms with E-state index in [1.54, 1.807) is 18.2 Å². The summed E-state index contributed by atoms with van der Waals surface area (Å²) in [7, 11) is 0. The molecule has 29 heavy (non-hydrogen) atoms. The Morgan fingerprint density at radius 1 is 0.966 bits per heavy atom. The molecule has 0 unspecified atom stereocenters. The van der Waals surface area contributed by atoms with Crippen LogP contribution in [0.2, 0.25) is 0 Å². The normalized spacial score (nSPS) is 10.8. The van der Waals surface area contributed by atoms with Gasteiger partial charge in [-0.05, 0) is 49.9 Å². The van der Waals surface area contributed by atoms with Crippen LogP contribution < -0.4 is 4.74 Å². The molecule has 0 bridgehead atoms. The van der Waals surface area contributed by atoms with Crippen molar-refractivity contribution in [2.24, 2.45) is 0 Å². The lowest BCUT2D eigenvalue weighted by Crippen LogP contribution is -2.14. The molecule has 1 aromatic heterocycles. The number of rotatable bonds is 10. The molecule has 3 rings (SSSR count). The SMILES string of the molecule is CC(=O)C(=O)OCCCCCCOc1ccc(O)c(-n2nc3ccccc3n2)c1. The van der Waals surface area contributed by atoms with Gasteiger partial charge in [0.25, 0.3) is 0 Å². The second kappa shape index (κ2) is 9.68. The summed E-state index contributed by atoms with van der Waals surface area (Å²) in [6.45, 7) is 1.97. The van der Waals surface area contributed by atoms with Crippen LogP contribution in [0.4, 0.5) is 0 Å². The Balaban J connectivity index is 1.46. The third kappa shape index (κ3) is 5.54. The summed E-state index contributed by atoms with van der Waals surface area (Å²) in [5.41, 5.74) is 1.94. The zero-order chi connectivity index (χ0) is 20.6. The summed E-state index contributed by atoms with van der Waals surface area (Å²) < 4.78 is 10.6. The van der Waals surface area contributed by atoms with E-state index in [0.717, 1.165) is 30.3 Å². The molecule has 0 atom stereocenters. The van der Waals surface area contributed by atoms with Crippen molar-refractivity contribution in [3.63, 3.8) is 0 Å². The Hall–Kier alpha value is -3.42. The Bertz CT molecular complexity index is 966. The minimum absolute atomic E-state index is 0.0674. The first-order chi connectivity index (χ1) is 14.0. The molecule has 3 aromatic rings. The number of hydrogen-bond acceptors (Lipinski definition) is 7. The van der Waals surface area contributed by atoms with Crippen LogP contribution in [-0.4, -0.2) is 45.1 Å². The molecule has 0 aliphatic carbocycles. The predicted molar refractivity (Wildman–Crippen MR) is 106 cm³/mol. The lowest BCUT2D eigenvalue weighted by molar-refractivity contribution is -0.153. The van der Waals surface area contributed by atoms with Crippen molar-refractivity contribution < 1.29 is 24.2 Å². The number of aromatic hydroxyl groups is 1. The highest BCUT2D eigenvalue weighted by molar-refractivity contribution is 6.32. The van der Waals surface area contributed by atoms with Crippen LogP contribution in [0, 0.1) is 0 Å².